The summed E-state index contributed by atoms with van der Waals surface area (Å²) in [6.45, 7) is 2.67. The number of nitrogens with zero attached hydrogens (tertiary/aromatic N) is 2. The molecule has 6 rings (SSSR count). The number of methoxy groups -OCH3 is 1. The topological polar surface area (TPSA) is 65.6 Å². The van der Waals surface area contributed by atoms with Gasteiger partial charge in [0.1, 0.15) is 11.8 Å². The number of hydrogen-bond acceptors (Lipinski definition) is 3. The summed E-state index contributed by atoms with van der Waals surface area (Å²) in [5.41, 5.74) is 6.48. The van der Waals surface area contributed by atoms with Gasteiger partial charge in [0.25, 0.3) is 0 Å². The van der Waals surface area contributed by atoms with Crippen LogP contribution >= 0.6 is 0 Å². The largest absolute Gasteiger partial charge is 0.497 e. The Kier molecular flexibility index (Phi) is 5.52. The summed E-state index contributed by atoms with van der Waals surface area (Å²) < 4.78 is 5.24. The molecule has 0 aliphatic carbocycles. The van der Waals surface area contributed by atoms with E-state index in [1.165, 1.54) is 0 Å². The number of rotatable bonds is 5. The molecular weight excluding hydrogens is 450 g/mol. The average molecular weight is 480 g/mol. The molecule has 0 saturated carbocycles. The predicted molar refractivity (Wildman–Crippen MR) is 139 cm³/mol. The highest BCUT2D eigenvalue weighted by molar-refractivity contribution is 5.97. The van der Waals surface area contributed by atoms with Crippen molar-refractivity contribution in [3.8, 4) is 5.75 Å². The Morgan fingerprint density at radius 1 is 0.972 bits per heavy atom. The lowest BCUT2D eigenvalue weighted by Crippen LogP contribution is -2.63. The van der Waals surface area contributed by atoms with Gasteiger partial charge < -0.3 is 19.5 Å². The van der Waals surface area contributed by atoms with Crippen molar-refractivity contribution >= 4 is 22.7 Å². The quantitative estimate of drug-likeness (QED) is 0.461. The minimum atomic E-state index is -0.514. The summed E-state index contributed by atoms with van der Waals surface area (Å²) in [5, 5.41) is 1.12. The van der Waals surface area contributed by atoms with Crippen molar-refractivity contribution in [2.45, 2.75) is 31.8 Å². The lowest BCUT2D eigenvalue weighted by molar-refractivity contribution is -0.158. The first kappa shape index (κ1) is 22.4. The fourth-order valence-electron chi connectivity index (χ4n) is 5.66. The lowest BCUT2D eigenvalue weighted by atomic mass is 9.86. The standard InChI is InChI=1S/C30H29N3O3/c1-19-7-11-21(12-8-19)29-28-24(23-5-3-4-6-25(23)31-28)17-26-30(35)32(18-27(34)33(26)29)16-15-20-9-13-22(36-2)14-10-20/h3-14,26,29,31H,15-18H2,1-2H3/t26-,29?/m0/s1. The molecule has 182 valence electrons. The van der Waals surface area contributed by atoms with Crippen molar-refractivity contribution in [2.75, 3.05) is 20.2 Å². The number of amides is 2. The van der Waals surface area contributed by atoms with Crippen LogP contribution in [0.5, 0.6) is 5.75 Å². The summed E-state index contributed by atoms with van der Waals surface area (Å²) in [7, 11) is 1.64. The van der Waals surface area contributed by atoms with E-state index in [1.54, 1.807) is 12.0 Å². The molecule has 6 nitrogen and oxygen atoms in total. The van der Waals surface area contributed by atoms with Gasteiger partial charge in [-0.1, -0.05) is 60.2 Å². The van der Waals surface area contributed by atoms with Crippen LogP contribution < -0.4 is 4.74 Å². The number of hydrogen-bond donors (Lipinski definition) is 1. The van der Waals surface area contributed by atoms with E-state index in [2.05, 4.69) is 48.3 Å². The van der Waals surface area contributed by atoms with E-state index in [0.717, 1.165) is 44.6 Å². The summed E-state index contributed by atoms with van der Waals surface area (Å²) in [6, 6.07) is 23.5. The normalized spacial score (nSPS) is 19.4. The maximum absolute atomic E-state index is 13.8. The molecular formula is C30H29N3O3. The van der Waals surface area contributed by atoms with Crippen molar-refractivity contribution in [3.05, 3.63) is 101 Å². The number of carbonyl (C=O) groups is 2. The van der Waals surface area contributed by atoms with Crippen molar-refractivity contribution in [3.63, 3.8) is 0 Å². The van der Waals surface area contributed by atoms with Crippen molar-refractivity contribution in [2.24, 2.45) is 0 Å². The van der Waals surface area contributed by atoms with E-state index in [1.807, 2.05) is 41.3 Å². The lowest BCUT2D eigenvalue weighted by Gasteiger charge is -2.47. The Bertz CT molecular complexity index is 1440. The zero-order valence-corrected chi connectivity index (χ0v) is 20.5. The first-order valence-electron chi connectivity index (χ1n) is 12.4. The van der Waals surface area contributed by atoms with Gasteiger partial charge in [0, 0.05) is 29.6 Å². The third kappa shape index (κ3) is 3.73. The number of fused-ring (bicyclic) bond motifs is 4. The summed E-state index contributed by atoms with van der Waals surface area (Å²) in [5.74, 6) is 0.817. The van der Waals surface area contributed by atoms with Crippen LogP contribution in [-0.4, -0.2) is 52.8 Å². The molecule has 0 bridgehead atoms. The minimum absolute atomic E-state index is 0.00999. The van der Waals surface area contributed by atoms with Crippen LogP contribution in [0.15, 0.2) is 72.8 Å². The van der Waals surface area contributed by atoms with Crippen molar-refractivity contribution in [1.82, 2.24) is 14.8 Å². The number of ether oxygens (including phenoxy) is 1. The highest BCUT2D eigenvalue weighted by Crippen LogP contribution is 2.42. The molecule has 1 unspecified atom stereocenters. The summed E-state index contributed by atoms with van der Waals surface area (Å²) >= 11 is 0. The SMILES string of the molecule is COc1ccc(CCN2CC(=O)N3C(c4ccc(C)cc4)c4[nH]c5ccccc5c4C[C@H]3C2=O)cc1. The molecule has 0 radical (unpaired) electrons. The number of aryl methyl sites for hydroxylation is 1. The van der Waals surface area contributed by atoms with Gasteiger partial charge in [-0.15, -0.1) is 0 Å². The zero-order valence-electron chi connectivity index (χ0n) is 20.5. The Morgan fingerprint density at radius 3 is 2.47 bits per heavy atom. The molecule has 1 aromatic heterocycles. The third-order valence-electron chi connectivity index (χ3n) is 7.56. The zero-order chi connectivity index (χ0) is 24.8. The van der Waals surface area contributed by atoms with Crippen LogP contribution in [0.1, 0.15) is 34.0 Å². The van der Waals surface area contributed by atoms with Gasteiger partial charge >= 0.3 is 0 Å². The van der Waals surface area contributed by atoms with Crippen molar-refractivity contribution in [1.29, 1.82) is 0 Å². The molecule has 2 aliphatic rings. The van der Waals surface area contributed by atoms with Gasteiger partial charge in [0.15, 0.2) is 0 Å². The molecule has 0 spiro atoms. The summed E-state index contributed by atoms with van der Waals surface area (Å²) in [6.07, 6.45) is 1.21. The molecule has 2 atom stereocenters. The fraction of sp³-hybridized carbons (Fsp3) is 0.267. The predicted octanol–water partition coefficient (Wildman–Crippen LogP) is 4.41. The fourth-order valence-corrected chi connectivity index (χ4v) is 5.66. The Labute approximate surface area is 210 Å². The highest BCUT2D eigenvalue weighted by Gasteiger charge is 2.48. The van der Waals surface area contributed by atoms with Crippen LogP contribution in [0.25, 0.3) is 10.9 Å². The van der Waals surface area contributed by atoms with Crippen molar-refractivity contribution < 1.29 is 14.3 Å². The molecule has 4 aromatic rings. The maximum Gasteiger partial charge on any atom is 0.246 e. The Hall–Kier alpha value is -4.06. The van der Waals surface area contributed by atoms with Crippen LogP contribution in [-0.2, 0) is 22.4 Å². The first-order valence-corrected chi connectivity index (χ1v) is 12.4. The molecule has 1 fully saturated rings. The number of H-pyrrole nitrogens is 1. The molecule has 36 heavy (non-hydrogen) atoms. The second kappa shape index (κ2) is 8.86. The molecule has 6 heteroatoms. The number of nitrogens with one attached hydrogen (secondary N) is 1. The molecule has 1 saturated heterocycles. The second-order valence-electron chi connectivity index (χ2n) is 9.75. The molecule has 2 aliphatic heterocycles. The number of para-hydroxylation sites is 1. The smallest absolute Gasteiger partial charge is 0.246 e. The number of piperazine rings is 1. The maximum atomic E-state index is 13.8. The van der Waals surface area contributed by atoms with E-state index < -0.39 is 6.04 Å². The van der Waals surface area contributed by atoms with Crippen LogP contribution in [0, 0.1) is 6.92 Å². The van der Waals surface area contributed by atoms with E-state index in [0.29, 0.717) is 19.4 Å². The number of carbonyl (C=O) groups excluding carboxylic acids is 2. The number of aromatic nitrogens is 1. The Balaban J connectivity index is 1.35. The van der Waals surface area contributed by atoms with E-state index >= 15 is 0 Å². The number of benzene rings is 3. The van der Waals surface area contributed by atoms with Crippen LogP contribution in [0.2, 0.25) is 0 Å². The van der Waals surface area contributed by atoms with Gasteiger partial charge in [-0.3, -0.25) is 9.59 Å². The van der Waals surface area contributed by atoms with Gasteiger partial charge in [-0.2, -0.15) is 0 Å². The third-order valence-corrected chi connectivity index (χ3v) is 7.56. The Morgan fingerprint density at radius 2 is 1.72 bits per heavy atom. The first-order chi connectivity index (χ1) is 17.5. The van der Waals surface area contributed by atoms with Gasteiger partial charge in [0.05, 0.1) is 19.7 Å². The minimum Gasteiger partial charge on any atom is -0.497 e. The van der Waals surface area contributed by atoms with Crippen LogP contribution in [0.4, 0.5) is 0 Å². The average Bonchev–Trinajstić information content (AvgIpc) is 3.28. The molecule has 3 heterocycles. The second-order valence-corrected chi connectivity index (χ2v) is 9.75. The number of aromatic amines is 1. The highest BCUT2D eigenvalue weighted by atomic mass is 16.5. The van der Waals surface area contributed by atoms with Gasteiger partial charge in [0.2, 0.25) is 11.8 Å². The van der Waals surface area contributed by atoms with E-state index in [4.69, 9.17) is 4.74 Å². The summed E-state index contributed by atoms with van der Waals surface area (Å²) in [4.78, 5) is 34.6. The molecule has 1 N–H and O–H groups in total. The van der Waals surface area contributed by atoms with Gasteiger partial charge in [-0.25, -0.2) is 0 Å². The monoisotopic (exact) mass is 479 g/mol. The van der Waals surface area contributed by atoms with Crippen LogP contribution in [0.3, 0.4) is 0 Å². The molecule has 3 aromatic carbocycles. The van der Waals surface area contributed by atoms with E-state index in [9.17, 15) is 9.59 Å². The van der Waals surface area contributed by atoms with Gasteiger partial charge in [-0.05, 0) is 48.2 Å². The van der Waals surface area contributed by atoms with E-state index in [-0.39, 0.29) is 24.4 Å². The molecule has 2 amide bonds.